The molecule has 2 N–H and O–H groups in total. The van der Waals surface area contributed by atoms with E-state index in [9.17, 15) is 0 Å². The van der Waals surface area contributed by atoms with Crippen molar-refractivity contribution in [2.75, 3.05) is 33.2 Å². The van der Waals surface area contributed by atoms with Crippen molar-refractivity contribution in [2.24, 2.45) is 16.3 Å². The number of guanidine groups is 1. The molecule has 1 saturated heterocycles. The van der Waals surface area contributed by atoms with Crippen LogP contribution in [0.2, 0.25) is 0 Å². The second kappa shape index (κ2) is 8.43. The normalized spacial score (nSPS) is 28.1. The van der Waals surface area contributed by atoms with Gasteiger partial charge in [-0.05, 0) is 31.4 Å². The van der Waals surface area contributed by atoms with Crippen LogP contribution in [0.3, 0.4) is 0 Å². The van der Waals surface area contributed by atoms with Crippen LogP contribution >= 0.6 is 24.0 Å². The standard InChI is InChI=1S/C20H29N3O3.HI/c1-21-19(22-13-6-7-15(24-2)16(12-13)25-3)23-17-14-8-11-26-18(14)20(17)9-4-5-10-20;/h6-7,12,14,17-18H,4-5,8-11H2,1-3H3,(H2,21,22,23);1H. The number of methoxy groups -OCH3 is 2. The number of ether oxygens (including phenoxy) is 3. The van der Waals surface area contributed by atoms with E-state index in [0.29, 0.717) is 29.2 Å². The fourth-order valence-electron chi connectivity index (χ4n) is 5.26. The van der Waals surface area contributed by atoms with Gasteiger partial charge in [-0.15, -0.1) is 24.0 Å². The van der Waals surface area contributed by atoms with Gasteiger partial charge in [0, 0.05) is 42.8 Å². The molecule has 3 atom stereocenters. The number of rotatable bonds is 4. The summed E-state index contributed by atoms with van der Waals surface area (Å²) >= 11 is 0. The molecule has 0 radical (unpaired) electrons. The van der Waals surface area contributed by atoms with Gasteiger partial charge in [0.15, 0.2) is 17.5 Å². The molecule has 0 aromatic heterocycles. The SMILES string of the molecule is CN=C(Nc1ccc(OC)c(OC)c1)NC1C2CCOC2C12CCCC2.I. The van der Waals surface area contributed by atoms with Gasteiger partial charge >= 0.3 is 0 Å². The lowest BCUT2D eigenvalue weighted by molar-refractivity contribution is -0.124. The Morgan fingerprint density at radius 3 is 2.59 bits per heavy atom. The zero-order valence-corrected chi connectivity index (χ0v) is 18.6. The fraction of sp³-hybridized carbons (Fsp3) is 0.650. The molecule has 2 aliphatic carbocycles. The largest absolute Gasteiger partial charge is 0.493 e. The van der Waals surface area contributed by atoms with E-state index in [0.717, 1.165) is 30.4 Å². The quantitative estimate of drug-likeness (QED) is 0.386. The Morgan fingerprint density at radius 1 is 1.19 bits per heavy atom. The minimum Gasteiger partial charge on any atom is -0.493 e. The highest BCUT2D eigenvalue weighted by molar-refractivity contribution is 14.0. The van der Waals surface area contributed by atoms with Crippen LogP contribution in [0.25, 0.3) is 0 Å². The van der Waals surface area contributed by atoms with Crippen molar-refractivity contribution in [3.63, 3.8) is 0 Å². The Hall–Kier alpha value is -1.22. The number of halogens is 1. The molecule has 1 spiro atoms. The lowest BCUT2D eigenvalue weighted by Gasteiger charge is -2.57. The van der Waals surface area contributed by atoms with Gasteiger partial charge in [0.05, 0.1) is 20.3 Å². The molecule has 3 unspecified atom stereocenters. The van der Waals surface area contributed by atoms with Gasteiger partial charge in [0.2, 0.25) is 0 Å². The first-order chi connectivity index (χ1) is 12.7. The fourth-order valence-corrected chi connectivity index (χ4v) is 5.26. The number of hydrogen-bond acceptors (Lipinski definition) is 4. The molecule has 1 aliphatic heterocycles. The zero-order valence-electron chi connectivity index (χ0n) is 16.3. The van der Waals surface area contributed by atoms with E-state index in [1.807, 2.05) is 25.2 Å². The summed E-state index contributed by atoms with van der Waals surface area (Å²) in [5.41, 5.74) is 1.23. The van der Waals surface area contributed by atoms with E-state index in [2.05, 4.69) is 15.6 Å². The van der Waals surface area contributed by atoms with Crippen LogP contribution in [0.15, 0.2) is 23.2 Å². The summed E-state index contributed by atoms with van der Waals surface area (Å²) in [5.74, 6) is 2.83. The topological polar surface area (TPSA) is 64.1 Å². The predicted octanol–water partition coefficient (Wildman–Crippen LogP) is 3.66. The lowest BCUT2D eigenvalue weighted by Crippen LogP contribution is -2.68. The van der Waals surface area contributed by atoms with Crippen molar-refractivity contribution < 1.29 is 14.2 Å². The van der Waals surface area contributed by atoms with Gasteiger partial charge in [0.1, 0.15) is 0 Å². The smallest absolute Gasteiger partial charge is 0.195 e. The van der Waals surface area contributed by atoms with Crippen LogP contribution in [0.4, 0.5) is 5.69 Å². The molecular formula is C20H30IN3O3. The van der Waals surface area contributed by atoms with Crippen LogP contribution in [0.5, 0.6) is 11.5 Å². The second-order valence-electron chi connectivity index (χ2n) is 7.57. The van der Waals surface area contributed by atoms with Crippen LogP contribution in [0, 0.1) is 11.3 Å². The van der Waals surface area contributed by atoms with Gasteiger partial charge in [-0.1, -0.05) is 12.8 Å². The molecule has 1 aromatic rings. The number of anilines is 1. The van der Waals surface area contributed by atoms with Crippen molar-refractivity contribution >= 4 is 35.6 Å². The van der Waals surface area contributed by atoms with E-state index in [1.165, 1.54) is 25.7 Å². The van der Waals surface area contributed by atoms with Crippen LogP contribution in [-0.4, -0.2) is 46.0 Å². The van der Waals surface area contributed by atoms with Gasteiger partial charge in [-0.25, -0.2) is 0 Å². The third-order valence-electron chi connectivity index (χ3n) is 6.45. The third-order valence-corrected chi connectivity index (χ3v) is 6.45. The van der Waals surface area contributed by atoms with E-state index < -0.39 is 0 Å². The lowest BCUT2D eigenvalue weighted by atomic mass is 9.54. The highest BCUT2D eigenvalue weighted by Crippen LogP contribution is 2.60. The number of aliphatic imine (C=N–C) groups is 1. The van der Waals surface area contributed by atoms with Crippen molar-refractivity contribution in [3.05, 3.63) is 18.2 Å². The average molecular weight is 487 g/mol. The summed E-state index contributed by atoms with van der Waals surface area (Å²) in [6.45, 7) is 0.900. The Labute approximate surface area is 178 Å². The Morgan fingerprint density at radius 2 is 1.93 bits per heavy atom. The molecule has 0 amide bonds. The maximum absolute atomic E-state index is 6.08. The summed E-state index contributed by atoms with van der Waals surface area (Å²) in [7, 11) is 5.11. The van der Waals surface area contributed by atoms with Crippen LogP contribution < -0.4 is 20.1 Å². The Bertz CT molecular complexity index is 691. The minimum atomic E-state index is 0. The summed E-state index contributed by atoms with van der Waals surface area (Å²) in [6, 6.07) is 6.25. The van der Waals surface area contributed by atoms with E-state index in [1.54, 1.807) is 14.2 Å². The predicted molar refractivity (Wildman–Crippen MR) is 118 cm³/mol. The first-order valence-electron chi connectivity index (χ1n) is 9.56. The maximum atomic E-state index is 6.08. The molecule has 3 fully saturated rings. The number of nitrogens with zero attached hydrogens (tertiary/aromatic N) is 1. The molecule has 3 aliphatic rings. The highest BCUT2D eigenvalue weighted by Gasteiger charge is 2.65. The van der Waals surface area contributed by atoms with Gasteiger partial charge in [0.25, 0.3) is 0 Å². The summed E-state index contributed by atoms with van der Waals surface area (Å²) < 4.78 is 16.8. The zero-order chi connectivity index (χ0) is 18.1. The highest BCUT2D eigenvalue weighted by atomic mass is 127. The monoisotopic (exact) mass is 487 g/mol. The van der Waals surface area contributed by atoms with Crippen molar-refractivity contribution in [3.8, 4) is 11.5 Å². The van der Waals surface area contributed by atoms with Crippen LogP contribution in [-0.2, 0) is 4.74 Å². The van der Waals surface area contributed by atoms with Crippen molar-refractivity contribution in [1.82, 2.24) is 5.32 Å². The molecule has 1 heterocycles. The first-order valence-corrected chi connectivity index (χ1v) is 9.56. The Kier molecular flexibility index (Phi) is 6.40. The summed E-state index contributed by atoms with van der Waals surface area (Å²) in [4.78, 5) is 4.45. The molecule has 1 aromatic carbocycles. The molecule has 6 nitrogen and oxygen atoms in total. The third kappa shape index (κ3) is 3.48. The van der Waals surface area contributed by atoms with Crippen molar-refractivity contribution in [1.29, 1.82) is 0 Å². The van der Waals surface area contributed by atoms with Gasteiger partial charge in [-0.3, -0.25) is 4.99 Å². The van der Waals surface area contributed by atoms with Gasteiger partial charge in [-0.2, -0.15) is 0 Å². The van der Waals surface area contributed by atoms with E-state index in [4.69, 9.17) is 14.2 Å². The maximum Gasteiger partial charge on any atom is 0.195 e. The molecule has 2 saturated carbocycles. The second-order valence-corrected chi connectivity index (χ2v) is 7.57. The summed E-state index contributed by atoms with van der Waals surface area (Å²) in [5, 5.41) is 7.11. The Balaban J connectivity index is 0.00000210. The number of fused-ring (bicyclic) bond motifs is 2. The van der Waals surface area contributed by atoms with Gasteiger partial charge < -0.3 is 24.8 Å². The van der Waals surface area contributed by atoms with E-state index in [-0.39, 0.29) is 24.0 Å². The number of nitrogens with one attached hydrogen (secondary N) is 2. The average Bonchev–Trinajstić information content (AvgIpc) is 3.33. The van der Waals surface area contributed by atoms with E-state index >= 15 is 0 Å². The minimum absolute atomic E-state index is 0. The molecule has 150 valence electrons. The molecule has 27 heavy (non-hydrogen) atoms. The molecule has 7 heteroatoms. The first kappa shape index (κ1) is 20.5. The number of hydrogen-bond donors (Lipinski definition) is 2. The summed E-state index contributed by atoms with van der Waals surface area (Å²) in [6.07, 6.45) is 6.75. The number of benzene rings is 1. The van der Waals surface area contributed by atoms with Crippen LogP contribution in [0.1, 0.15) is 32.1 Å². The molecule has 0 bridgehead atoms. The molecular weight excluding hydrogens is 457 g/mol. The van der Waals surface area contributed by atoms with Crippen molar-refractivity contribution in [2.45, 2.75) is 44.2 Å². The molecule has 4 rings (SSSR count).